The number of hydrogen-bond acceptors (Lipinski definition) is 3. The third-order valence-electron chi connectivity index (χ3n) is 1.92. The standard InChI is InChI=1S/C11H16INO3S/c1-9(2)16-7-8-17(14,15)13-11-5-3-10(12)4-6-11/h3-6,9,13H,7-8H2,1-2H3. The summed E-state index contributed by atoms with van der Waals surface area (Å²) in [6.07, 6.45) is 0.0449. The van der Waals surface area contributed by atoms with Gasteiger partial charge < -0.3 is 4.74 Å². The molecule has 96 valence electrons. The first-order valence-corrected chi connectivity index (χ1v) is 8.00. The van der Waals surface area contributed by atoms with Crippen LogP contribution in [0.15, 0.2) is 24.3 Å². The van der Waals surface area contributed by atoms with Gasteiger partial charge in [0.25, 0.3) is 0 Å². The number of sulfonamides is 1. The highest BCUT2D eigenvalue weighted by Crippen LogP contribution is 2.12. The highest BCUT2D eigenvalue weighted by molar-refractivity contribution is 14.1. The van der Waals surface area contributed by atoms with Gasteiger partial charge in [-0.1, -0.05) is 0 Å². The number of anilines is 1. The fourth-order valence-electron chi connectivity index (χ4n) is 1.14. The van der Waals surface area contributed by atoms with E-state index in [1.165, 1.54) is 0 Å². The first-order valence-electron chi connectivity index (χ1n) is 5.27. The van der Waals surface area contributed by atoms with Crippen LogP contribution in [0.5, 0.6) is 0 Å². The molecule has 0 radical (unpaired) electrons. The van der Waals surface area contributed by atoms with Gasteiger partial charge in [0, 0.05) is 9.26 Å². The normalized spacial score (nSPS) is 11.8. The Bertz CT molecular complexity index is 442. The zero-order valence-electron chi connectivity index (χ0n) is 9.81. The molecule has 0 aromatic heterocycles. The van der Waals surface area contributed by atoms with E-state index in [0.717, 1.165) is 3.57 Å². The Hall–Kier alpha value is -0.340. The summed E-state index contributed by atoms with van der Waals surface area (Å²) in [6.45, 7) is 3.95. The van der Waals surface area contributed by atoms with Gasteiger partial charge in [0.15, 0.2) is 0 Å². The molecule has 6 heteroatoms. The lowest BCUT2D eigenvalue weighted by atomic mass is 10.3. The Kier molecular flexibility index (Phi) is 5.68. The van der Waals surface area contributed by atoms with Crippen molar-refractivity contribution in [2.24, 2.45) is 0 Å². The Morgan fingerprint density at radius 2 is 1.88 bits per heavy atom. The molecule has 0 saturated carbocycles. The number of benzene rings is 1. The summed E-state index contributed by atoms with van der Waals surface area (Å²) < 4.78 is 32.1. The largest absolute Gasteiger partial charge is 0.378 e. The molecule has 0 unspecified atom stereocenters. The summed E-state index contributed by atoms with van der Waals surface area (Å²) in [5.41, 5.74) is 0.579. The lowest BCUT2D eigenvalue weighted by Crippen LogP contribution is -2.21. The van der Waals surface area contributed by atoms with E-state index >= 15 is 0 Å². The number of hydrogen-bond donors (Lipinski definition) is 1. The van der Waals surface area contributed by atoms with E-state index < -0.39 is 10.0 Å². The van der Waals surface area contributed by atoms with E-state index in [9.17, 15) is 8.42 Å². The van der Waals surface area contributed by atoms with Gasteiger partial charge >= 0.3 is 0 Å². The predicted molar refractivity (Wildman–Crippen MR) is 77.7 cm³/mol. The molecule has 1 aromatic carbocycles. The maximum absolute atomic E-state index is 11.7. The van der Waals surface area contributed by atoms with Gasteiger partial charge in [0.1, 0.15) is 0 Å². The molecule has 1 aromatic rings. The van der Waals surface area contributed by atoms with Crippen LogP contribution >= 0.6 is 22.6 Å². The fraction of sp³-hybridized carbons (Fsp3) is 0.455. The van der Waals surface area contributed by atoms with Crippen LogP contribution in [0.3, 0.4) is 0 Å². The second-order valence-electron chi connectivity index (χ2n) is 3.85. The molecule has 0 amide bonds. The van der Waals surface area contributed by atoms with Gasteiger partial charge in [-0.15, -0.1) is 0 Å². The molecule has 0 heterocycles. The topological polar surface area (TPSA) is 55.4 Å². The lowest BCUT2D eigenvalue weighted by molar-refractivity contribution is 0.0913. The molecule has 0 saturated heterocycles. The monoisotopic (exact) mass is 369 g/mol. The summed E-state index contributed by atoms with van der Waals surface area (Å²) >= 11 is 2.17. The number of nitrogens with one attached hydrogen (secondary N) is 1. The average molecular weight is 369 g/mol. The van der Waals surface area contributed by atoms with E-state index in [4.69, 9.17) is 4.74 Å². The molecule has 4 nitrogen and oxygen atoms in total. The number of rotatable bonds is 6. The van der Waals surface area contributed by atoms with Crippen molar-refractivity contribution < 1.29 is 13.2 Å². The summed E-state index contributed by atoms with van der Waals surface area (Å²) in [5.74, 6) is -0.0306. The minimum atomic E-state index is -3.32. The molecule has 1 N–H and O–H groups in total. The smallest absolute Gasteiger partial charge is 0.234 e. The van der Waals surface area contributed by atoms with Crippen LogP contribution in [0.25, 0.3) is 0 Å². The number of ether oxygens (including phenoxy) is 1. The summed E-state index contributed by atoms with van der Waals surface area (Å²) in [7, 11) is -3.32. The summed E-state index contributed by atoms with van der Waals surface area (Å²) in [4.78, 5) is 0. The second kappa shape index (κ2) is 6.55. The summed E-state index contributed by atoms with van der Waals surface area (Å²) in [5, 5.41) is 0. The maximum Gasteiger partial charge on any atom is 0.234 e. The van der Waals surface area contributed by atoms with Crippen LogP contribution in [0, 0.1) is 3.57 Å². The molecule has 1 rings (SSSR count). The van der Waals surface area contributed by atoms with E-state index in [1.54, 1.807) is 12.1 Å². The highest BCUT2D eigenvalue weighted by Gasteiger charge is 2.10. The highest BCUT2D eigenvalue weighted by atomic mass is 127. The second-order valence-corrected chi connectivity index (χ2v) is 6.93. The van der Waals surface area contributed by atoms with Crippen molar-refractivity contribution in [2.75, 3.05) is 17.1 Å². The first kappa shape index (κ1) is 14.7. The fourth-order valence-corrected chi connectivity index (χ4v) is 2.41. The van der Waals surface area contributed by atoms with Gasteiger partial charge in [-0.05, 0) is 60.7 Å². The third-order valence-corrected chi connectivity index (χ3v) is 3.89. The van der Waals surface area contributed by atoms with Gasteiger partial charge in [0.2, 0.25) is 10.0 Å². The van der Waals surface area contributed by atoms with Crippen LogP contribution in [-0.4, -0.2) is 26.9 Å². The molecular weight excluding hydrogens is 353 g/mol. The molecule has 0 bridgehead atoms. The van der Waals surface area contributed by atoms with Crippen molar-refractivity contribution in [2.45, 2.75) is 20.0 Å². The summed E-state index contributed by atoms with van der Waals surface area (Å²) in [6, 6.07) is 7.18. The van der Waals surface area contributed by atoms with Crippen LogP contribution in [-0.2, 0) is 14.8 Å². The van der Waals surface area contributed by atoms with Crippen molar-refractivity contribution in [3.8, 4) is 0 Å². The number of halogens is 1. The molecule has 0 spiro atoms. The zero-order valence-corrected chi connectivity index (χ0v) is 12.8. The molecule has 0 fully saturated rings. The van der Waals surface area contributed by atoms with Crippen molar-refractivity contribution >= 4 is 38.3 Å². The molecule has 0 aliphatic carbocycles. The van der Waals surface area contributed by atoms with Crippen LogP contribution < -0.4 is 4.72 Å². The Morgan fingerprint density at radius 1 is 1.29 bits per heavy atom. The Morgan fingerprint density at radius 3 is 2.41 bits per heavy atom. The van der Waals surface area contributed by atoms with Crippen molar-refractivity contribution in [1.29, 1.82) is 0 Å². The van der Waals surface area contributed by atoms with E-state index in [-0.39, 0.29) is 18.5 Å². The first-order chi connectivity index (χ1) is 7.89. The average Bonchev–Trinajstić information content (AvgIpc) is 2.20. The van der Waals surface area contributed by atoms with Gasteiger partial charge in [-0.2, -0.15) is 0 Å². The van der Waals surface area contributed by atoms with E-state index in [1.807, 2.05) is 26.0 Å². The van der Waals surface area contributed by atoms with Crippen LogP contribution in [0.1, 0.15) is 13.8 Å². The molecule has 17 heavy (non-hydrogen) atoms. The lowest BCUT2D eigenvalue weighted by Gasteiger charge is -2.10. The van der Waals surface area contributed by atoms with Gasteiger partial charge in [-0.3, -0.25) is 4.72 Å². The van der Waals surface area contributed by atoms with Gasteiger partial charge in [-0.25, -0.2) is 8.42 Å². The van der Waals surface area contributed by atoms with Crippen molar-refractivity contribution in [3.05, 3.63) is 27.8 Å². The minimum Gasteiger partial charge on any atom is -0.378 e. The van der Waals surface area contributed by atoms with E-state index in [2.05, 4.69) is 27.3 Å². The van der Waals surface area contributed by atoms with Crippen molar-refractivity contribution in [3.63, 3.8) is 0 Å². The molecular formula is C11H16INO3S. The van der Waals surface area contributed by atoms with E-state index in [0.29, 0.717) is 5.69 Å². The Labute approximate surface area is 116 Å². The quantitative estimate of drug-likeness (QED) is 0.784. The zero-order chi connectivity index (χ0) is 12.9. The third kappa shape index (κ3) is 6.23. The minimum absolute atomic E-state index is 0.0306. The van der Waals surface area contributed by atoms with Crippen LogP contribution in [0.2, 0.25) is 0 Å². The maximum atomic E-state index is 11.7. The SMILES string of the molecule is CC(C)OCCS(=O)(=O)Nc1ccc(I)cc1. The molecule has 0 atom stereocenters. The molecule has 0 aliphatic rings. The molecule has 0 aliphatic heterocycles. The van der Waals surface area contributed by atoms with Gasteiger partial charge in [0.05, 0.1) is 18.5 Å². The van der Waals surface area contributed by atoms with Crippen molar-refractivity contribution in [1.82, 2.24) is 0 Å². The predicted octanol–water partition coefficient (Wildman–Crippen LogP) is 2.46. The Balaban J connectivity index is 2.52. The van der Waals surface area contributed by atoms with Crippen LogP contribution in [0.4, 0.5) is 5.69 Å².